The van der Waals surface area contributed by atoms with Crippen LogP contribution in [0.3, 0.4) is 0 Å². The van der Waals surface area contributed by atoms with Crippen LogP contribution in [-0.4, -0.2) is 105 Å². The highest BCUT2D eigenvalue weighted by atomic mass is 16.5. The Morgan fingerprint density at radius 2 is 1.50 bits per heavy atom. The monoisotopic (exact) mass is 742 g/mol. The molecule has 3 aromatic rings. The lowest BCUT2D eigenvalue weighted by Crippen LogP contribution is -2.40. The molecule has 0 radical (unpaired) electrons. The molecule has 2 unspecified atom stereocenters. The Labute approximate surface area is 318 Å². The first-order chi connectivity index (χ1) is 26.1. The van der Waals surface area contributed by atoms with Gasteiger partial charge in [0.1, 0.15) is 11.5 Å². The van der Waals surface area contributed by atoms with E-state index >= 15 is 0 Å². The number of carbonyl (C=O) groups is 5. The van der Waals surface area contributed by atoms with Crippen LogP contribution in [0.5, 0.6) is 11.5 Å². The molecule has 0 saturated heterocycles. The molecule has 1 aliphatic heterocycles. The first-order valence-electron chi connectivity index (χ1n) is 18.6. The van der Waals surface area contributed by atoms with E-state index in [1.165, 1.54) is 21.0 Å². The quantitative estimate of drug-likeness (QED) is 0.210. The van der Waals surface area contributed by atoms with Crippen molar-refractivity contribution in [1.82, 2.24) is 20.0 Å². The van der Waals surface area contributed by atoms with Crippen LogP contribution in [0.15, 0.2) is 72.8 Å². The van der Waals surface area contributed by atoms with Crippen molar-refractivity contribution in [3.05, 3.63) is 95.1 Å². The maximum absolute atomic E-state index is 15.0. The highest BCUT2D eigenvalue weighted by molar-refractivity contribution is 5.94. The van der Waals surface area contributed by atoms with E-state index in [4.69, 9.17) is 14.2 Å². The summed E-state index contributed by atoms with van der Waals surface area (Å²) in [4.78, 5) is 71.7. The van der Waals surface area contributed by atoms with Crippen LogP contribution >= 0.6 is 0 Å². The number of hydrogen-bond acceptors (Lipinski definition) is 8. The van der Waals surface area contributed by atoms with Crippen LogP contribution in [0.2, 0.25) is 0 Å². The summed E-state index contributed by atoms with van der Waals surface area (Å²) < 4.78 is 16.3. The van der Waals surface area contributed by atoms with Crippen molar-refractivity contribution in [2.75, 3.05) is 60.6 Å². The van der Waals surface area contributed by atoms with E-state index < -0.39 is 17.9 Å². The molecular formula is C42H54N4O8. The standard InChI is InChI=1S/C42H54N4O8/c1-30(47)44-22-9-10-23-45(24-11-21-43-41(50)33-13-7-6-8-14-33)42(51)37(27-32-15-18-35(52-3)19-16-32)36-28-34(17-20-39(36)53-4)38(29-40(49)54-5)46(31(2)48)26-12-25-44/h6-8,13-20,28,37-38H,9-12,21-27,29H2,1-5H3,(H,43,50). The Bertz CT molecular complexity index is 1710. The molecule has 1 heterocycles. The molecule has 4 amide bonds. The molecule has 12 heteroatoms. The molecule has 0 aliphatic carbocycles. The number of rotatable bonds is 11. The van der Waals surface area contributed by atoms with E-state index in [9.17, 15) is 24.0 Å². The van der Waals surface area contributed by atoms with Crippen molar-refractivity contribution in [3.63, 3.8) is 0 Å². The molecule has 54 heavy (non-hydrogen) atoms. The number of nitrogens with zero attached hydrogens (tertiary/aromatic N) is 3. The highest BCUT2D eigenvalue weighted by Crippen LogP contribution is 2.36. The van der Waals surface area contributed by atoms with Gasteiger partial charge in [-0.1, -0.05) is 36.4 Å². The zero-order chi connectivity index (χ0) is 39.0. The molecule has 4 rings (SSSR count). The summed E-state index contributed by atoms with van der Waals surface area (Å²) in [5.74, 6) is -0.607. The smallest absolute Gasteiger partial charge is 0.307 e. The lowest BCUT2D eigenvalue weighted by atomic mass is 9.87. The van der Waals surface area contributed by atoms with Gasteiger partial charge in [0.15, 0.2) is 0 Å². The van der Waals surface area contributed by atoms with Crippen LogP contribution in [0.25, 0.3) is 0 Å². The van der Waals surface area contributed by atoms with Crippen molar-refractivity contribution >= 4 is 29.6 Å². The fourth-order valence-corrected chi connectivity index (χ4v) is 6.92. The molecule has 12 nitrogen and oxygen atoms in total. The fourth-order valence-electron chi connectivity index (χ4n) is 6.92. The number of hydrogen-bond donors (Lipinski definition) is 1. The Kier molecular flexibility index (Phi) is 15.9. The van der Waals surface area contributed by atoms with Crippen LogP contribution in [0.4, 0.5) is 0 Å². The maximum Gasteiger partial charge on any atom is 0.307 e. The number of benzene rings is 3. The van der Waals surface area contributed by atoms with Gasteiger partial charge in [-0.15, -0.1) is 0 Å². The van der Waals surface area contributed by atoms with Crippen molar-refractivity contribution in [2.24, 2.45) is 0 Å². The molecule has 0 fully saturated rings. The van der Waals surface area contributed by atoms with Crippen molar-refractivity contribution in [2.45, 2.75) is 64.3 Å². The lowest BCUT2D eigenvalue weighted by Gasteiger charge is -2.34. The predicted molar refractivity (Wildman–Crippen MR) is 205 cm³/mol. The second-order valence-corrected chi connectivity index (χ2v) is 13.5. The first-order valence-corrected chi connectivity index (χ1v) is 18.6. The number of methoxy groups -OCH3 is 3. The van der Waals surface area contributed by atoms with Gasteiger partial charge < -0.3 is 34.2 Å². The average Bonchev–Trinajstić information content (AvgIpc) is 3.18. The topological polar surface area (TPSA) is 135 Å². The summed E-state index contributed by atoms with van der Waals surface area (Å²) in [5.41, 5.74) is 2.75. The van der Waals surface area contributed by atoms with Gasteiger partial charge in [-0.2, -0.15) is 0 Å². The molecule has 1 N–H and O–H groups in total. The van der Waals surface area contributed by atoms with E-state index in [1.807, 2.05) is 59.5 Å². The van der Waals surface area contributed by atoms with Gasteiger partial charge in [-0.05, 0) is 79.6 Å². The van der Waals surface area contributed by atoms with E-state index in [1.54, 1.807) is 42.2 Å². The van der Waals surface area contributed by atoms with Gasteiger partial charge in [-0.3, -0.25) is 24.0 Å². The van der Waals surface area contributed by atoms with Gasteiger partial charge >= 0.3 is 5.97 Å². The Hall–Kier alpha value is -5.39. The van der Waals surface area contributed by atoms with E-state index in [0.717, 1.165) is 5.56 Å². The van der Waals surface area contributed by atoms with E-state index in [0.29, 0.717) is 99.6 Å². The minimum Gasteiger partial charge on any atom is -0.497 e. The van der Waals surface area contributed by atoms with Crippen LogP contribution in [-0.2, 0) is 30.3 Å². The van der Waals surface area contributed by atoms with Gasteiger partial charge in [-0.25, -0.2) is 0 Å². The van der Waals surface area contributed by atoms with Gasteiger partial charge in [0.25, 0.3) is 5.91 Å². The minimum absolute atomic E-state index is 0.0713. The molecule has 3 aromatic carbocycles. The summed E-state index contributed by atoms with van der Waals surface area (Å²) in [5, 5.41) is 2.97. The van der Waals surface area contributed by atoms with Crippen LogP contribution < -0.4 is 14.8 Å². The van der Waals surface area contributed by atoms with Crippen molar-refractivity contribution in [1.29, 1.82) is 0 Å². The third-order valence-corrected chi connectivity index (χ3v) is 9.90. The molecule has 2 bridgehead atoms. The maximum atomic E-state index is 15.0. The third kappa shape index (κ3) is 11.6. The summed E-state index contributed by atoms with van der Waals surface area (Å²) in [7, 11) is 4.47. The Morgan fingerprint density at radius 3 is 2.15 bits per heavy atom. The number of ether oxygens (including phenoxy) is 3. The van der Waals surface area contributed by atoms with Crippen molar-refractivity contribution < 1.29 is 38.2 Å². The summed E-state index contributed by atoms with van der Waals surface area (Å²) in [6.07, 6.45) is 2.58. The zero-order valence-corrected chi connectivity index (χ0v) is 32.2. The predicted octanol–water partition coefficient (Wildman–Crippen LogP) is 5.16. The normalized spacial score (nSPS) is 17.1. The van der Waals surface area contributed by atoms with E-state index in [-0.39, 0.29) is 30.0 Å². The molecule has 0 spiro atoms. The van der Waals surface area contributed by atoms with Gasteiger partial charge in [0, 0.05) is 64.2 Å². The van der Waals surface area contributed by atoms with Crippen LogP contribution in [0.1, 0.15) is 85.0 Å². The van der Waals surface area contributed by atoms with Gasteiger partial charge in [0.2, 0.25) is 17.7 Å². The molecule has 0 aromatic heterocycles. The SMILES string of the molecule is COC(=O)CC1c2ccc(OC)c(c2)C(Cc2ccc(OC)cc2)C(=O)N(CCCNC(=O)c2ccccc2)CCCCN(C(C)=O)CCCN1C(C)=O. The third-order valence-electron chi connectivity index (χ3n) is 9.90. The number of fused-ring (bicyclic) bond motifs is 2. The molecule has 2 atom stereocenters. The largest absolute Gasteiger partial charge is 0.497 e. The highest BCUT2D eigenvalue weighted by Gasteiger charge is 2.32. The second kappa shape index (κ2) is 20.7. The van der Waals surface area contributed by atoms with Crippen LogP contribution in [0, 0.1) is 0 Å². The van der Waals surface area contributed by atoms with Crippen molar-refractivity contribution in [3.8, 4) is 11.5 Å². The lowest BCUT2D eigenvalue weighted by molar-refractivity contribution is -0.143. The number of amides is 4. The molecule has 290 valence electrons. The summed E-state index contributed by atoms with van der Waals surface area (Å²) in [6, 6.07) is 21.3. The zero-order valence-electron chi connectivity index (χ0n) is 32.2. The average molecular weight is 743 g/mol. The Balaban J connectivity index is 1.78. The second-order valence-electron chi connectivity index (χ2n) is 13.5. The summed E-state index contributed by atoms with van der Waals surface area (Å²) >= 11 is 0. The molecule has 0 saturated carbocycles. The number of esters is 1. The molecular weight excluding hydrogens is 688 g/mol. The Morgan fingerprint density at radius 1 is 0.796 bits per heavy atom. The first kappa shape index (κ1) is 41.4. The summed E-state index contributed by atoms with van der Waals surface area (Å²) in [6.45, 7) is 5.44. The van der Waals surface area contributed by atoms with Gasteiger partial charge in [0.05, 0.1) is 39.7 Å². The fraction of sp³-hybridized carbons (Fsp3) is 0.452. The minimum atomic E-state index is -0.710. The number of nitrogens with one attached hydrogen (secondary N) is 1. The molecule has 1 aliphatic rings. The van der Waals surface area contributed by atoms with E-state index in [2.05, 4.69) is 5.32 Å². The number of carbonyl (C=O) groups excluding carboxylic acids is 5.